The molecule has 4 heteroatoms. The third-order valence-electron chi connectivity index (χ3n) is 3.11. The Morgan fingerprint density at radius 3 is 2.94 bits per heavy atom. The molecule has 1 N–H and O–H groups in total. The molecule has 1 aromatic heterocycles. The summed E-state index contributed by atoms with van der Waals surface area (Å²) in [6, 6.07) is 10.1. The zero-order chi connectivity index (χ0) is 12.5. The predicted octanol–water partition coefficient (Wildman–Crippen LogP) is 3.96. The topological polar surface area (TPSA) is 29.1 Å². The van der Waals surface area contributed by atoms with E-state index in [1.807, 2.05) is 29.6 Å². The van der Waals surface area contributed by atoms with Crippen LogP contribution in [0.4, 0.5) is 5.69 Å². The van der Waals surface area contributed by atoms with Crippen LogP contribution >= 0.6 is 22.9 Å². The van der Waals surface area contributed by atoms with Gasteiger partial charge >= 0.3 is 0 Å². The summed E-state index contributed by atoms with van der Waals surface area (Å²) in [5, 5.41) is 4.81. The van der Waals surface area contributed by atoms with Crippen LogP contribution in [0.3, 0.4) is 0 Å². The molecule has 2 aromatic rings. The number of halogens is 1. The number of hydrogen-bond acceptors (Lipinski definition) is 2. The second kappa shape index (κ2) is 4.75. The largest absolute Gasteiger partial charge is 0.326 e. The Morgan fingerprint density at radius 2 is 2.17 bits per heavy atom. The molecule has 18 heavy (non-hydrogen) atoms. The molecule has 3 rings (SSSR count). The summed E-state index contributed by atoms with van der Waals surface area (Å²) in [6.07, 6.45) is 1.35. The molecule has 1 unspecified atom stereocenters. The van der Waals surface area contributed by atoms with Gasteiger partial charge in [-0.1, -0.05) is 18.2 Å². The number of aryl methyl sites for hydroxylation is 1. The van der Waals surface area contributed by atoms with Crippen LogP contribution in [0.25, 0.3) is 0 Å². The van der Waals surface area contributed by atoms with Crippen LogP contribution in [0.1, 0.15) is 27.8 Å². The van der Waals surface area contributed by atoms with E-state index >= 15 is 0 Å². The first kappa shape index (κ1) is 11.8. The quantitative estimate of drug-likeness (QED) is 0.827. The first-order valence-corrected chi connectivity index (χ1v) is 7.16. The van der Waals surface area contributed by atoms with Crippen molar-refractivity contribution in [3.05, 3.63) is 51.7 Å². The molecule has 0 bridgehead atoms. The maximum atomic E-state index is 11.3. The second-order valence-corrected chi connectivity index (χ2v) is 5.76. The number of carbonyl (C=O) groups is 1. The van der Waals surface area contributed by atoms with Gasteiger partial charge in [0.05, 0.1) is 5.38 Å². The number of amides is 1. The smallest absolute Gasteiger partial charge is 0.224 e. The van der Waals surface area contributed by atoms with E-state index in [-0.39, 0.29) is 11.3 Å². The molecule has 0 spiro atoms. The molecule has 92 valence electrons. The van der Waals surface area contributed by atoms with Gasteiger partial charge in [-0.2, -0.15) is 0 Å². The highest BCUT2D eigenvalue weighted by Crippen LogP contribution is 2.34. The summed E-state index contributed by atoms with van der Waals surface area (Å²) < 4.78 is 0. The van der Waals surface area contributed by atoms with Crippen molar-refractivity contribution in [2.45, 2.75) is 18.2 Å². The Balaban J connectivity index is 1.93. The van der Waals surface area contributed by atoms with E-state index in [1.165, 1.54) is 5.56 Å². The van der Waals surface area contributed by atoms with Crippen LogP contribution in [-0.2, 0) is 11.2 Å². The van der Waals surface area contributed by atoms with Crippen molar-refractivity contribution in [2.75, 3.05) is 5.32 Å². The lowest BCUT2D eigenvalue weighted by molar-refractivity contribution is -0.116. The molecule has 1 atom stereocenters. The number of anilines is 1. The van der Waals surface area contributed by atoms with Gasteiger partial charge in [-0.25, -0.2) is 0 Å². The lowest BCUT2D eigenvalue weighted by Crippen LogP contribution is -2.19. The third-order valence-corrected chi connectivity index (χ3v) is 4.66. The SMILES string of the molecule is O=C1CCc2cc(C(Cl)c3cccs3)ccc2N1. The third kappa shape index (κ3) is 2.16. The molecule has 0 saturated heterocycles. The first-order valence-electron chi connectivity index (χ1n) is 5.84. The maximum Gasteiger partial charge on any atom is 0.224 e. The molecule has 0 fully saturated rings. The van der Waals surface area contributed by atoms with Crippen molar-refractivity contribution in [3.63, 3.8) is 0 Å². The van der Waals surface area contributed by atoms with E-state index < -0.39 is 0 Å². The minimum atomic E-state index is -0.104. The van der Waals surface area contributed by atoms with Crippen LogP contribution in [0.5, 0.6) is 0 Å². The summed E-state index contributed by atoms with van der Waals surface area (Å²) in [4.78, 5) is 12.4. The predicted molar refractivity (Wildman–Crippen MR) is 75.4 cm³/mol. The molecule has 0 radical (unpaired) electrons. The lowest BCUT2D eigenvalue weighted by Gasteiger charge is -2.18. The average molecular weight is 278 g/mol. The van der Waals surface area contributed by atoms with Crippen molar-refractivity contribution in [1.29, 1.82) is 0 Å². The molecule has 1 amide bonds. The fraction of sp³-hybridized carbons (Fsp3) is 0.214. The molecule has 0 saturated carbocycles. The number of benzene rings is 1. The minimum Gasteiger partial charge on any atom is -0.326 e. The van der Waals surface area contributed by atoms with Crippen LogP contribution in [0.15, 0.2) is 35.7 Å². The van der Waals surface area contributed by atoms with Gasteiger partial charge in [0.15, 0.2) is 0 Å². The Hall–Kier alpha value is -1.32. The minimum absolute atomic E-state index is 0.0935. The van der Waals surface area contributed by atoms with E-state index in [0.29, 0.717) is 6.42 Å². The van der Waals surface area contributed by atoms with E-state index in [1.54, 1.807) is 11.3 Å². The summed E-state index contributed by atoms with van der Waals surface area (Å²) in [5.41, 5.74) is 3.19. The first-order chi connectivity index (χ1) is 8.74. The Labute approximate surface area is 115 Å². The zero-order valence-corrected chi connectivity index (χ0v) is 11.2. The summed E-state index contributed by atoms with van der Waals surface area (Å²) >= 11 is 8.13. The fourth-order valence-electron chi connectivity index (χ4n) is 2.16. The van der Waals surface area contributed by atoms with Gasteiger partial charge in [0, 0.05) is 17.0 Å². The molecule has 2 heterocycles. The number of hydrogen-bond donors (Lipinski definition) is 1. The standard InChI is InChI=1S/C14H12ClNOS/c15-14(12-2-1-7-18-12)10-3-5-11-9(8-10)4-6-13(17)16-11/h1-3,5,7-8,14H,4,6H2,(H,16,17). The number of fused-ring (bicyclic) bond motifs is 1. The number of thiophene rings is 1. The average Bonchev–Trinajstić information content (AvgIpc) is 2.91. The van der Waals surface area contributed by atoms with Crippen LogP contribution in [0, 0.1) is 0 Å². The number of rotatable bonds is 2. The summed E-state index contributed by atoms with van der Waals surface area (Å²) in [5.74, 6) is 0.0935. The van der Waals surface area contributed by atoms with Crippen molar-refractivity contribution < 1.29 is 4.79 Å². The molecule has 1 aliphatic heterocycles. The van der Waals surface area contributed by atoms with Crippen LogP contribution < -0.4 is 5.32 Å². The van der Waals surface area contributed by atoms with E-state index in [2.05, 4.69) is 11.4 Å². The maximum absolute atomic E-state index is 11.3. The monoisotopic (exact) mass is 277 g/mol. The van der Waals surface area contributed by atoms with E-state index in [0.717, 1.165) is 22.5 Å². The number of nitrogens with one attached hydrogen (secondary N) is 1. The van der Waals surface area contributed by atoms with Crippen molar-refractivity contribution in [3.8, 4) is 0 Å². The molecular weight excluding hydrogens is 266 g/mol. The van der Waals surface area contributed by atoms with Gasteiger partial charge in [0.2, 0.25) is 5.91 Å². The van der Waals surface area contributed by atoms with E-state index in [9.17, 15) is 4.79 Å². The Bertz CT molecular complexity index is 579. The summed E-state index contributed by atoms with van der Waals surface area (Å²) in [7, 11) is 0. The zero-order valence-electron chi connectivity index (χ0n) is 9.65. The molecule has 1 aliphatic rings. The second-order valence-electron chi connectivity index (χ2n) is 4.34. The van der Waals surface area contributed by atoms with Crippen molar-refractivity contribution in [1.82, 2.24) is 0 Å². The van der Waals surface area contributed by atoms with E-state index in [4.69, 9.17) is 11.6 Å². The fourth-order valence-corrected chi connectivity index (χ4v) is 3.25. The highest BCUT2D eigenvalue weighted by atomic mass is 35.5. The van der Waals surface area contributed by atoms with Gasteiger partial charge in [-0.05, 0) is 35.1 Å². The molecular formula is C14H12ClNOS. The molecule has 1 aromatic carbocycles. The van der Waals surface area contributed by atoms with Gasteiger partial charge in [-0.3, -0.25) is 4.79 Å². The number of alkyl halides is 1. The summed E-state index contributed by atoms with van der Waals surface area (Å²) in [6.45, 7) is 0. The Morgan fingerprint density at radius 1 is 1.28 bits per heavy atom. The number of carbonyl (C=O) groups excluding carboxylic acids is 1. The Kier molecular flexibility index (Phi) is 3.10. The van der Waals surface area contributed by atoms with Crippen LogP contribution in [-0.4, -0.2) is 5.91 Å². The van der Waals surface area contributed by atoms with Gasteiger partial charge < -0.3 is 5.32 Å². The molecule has 2 nitrogen and oxygen atoms in total. The van der Waals surface area contributed by atoms with Crippen molar-refractivity contribution in [2.24, 2.45) is 0 Å². The highest BCUT2D eigenvalue weighted by Gasteiger charge is 2.18. The van der Waals surface area contributed by atoms with Gasteiger partial charge in [0.25, 0.3) is 0 Å². The highest BCUT2D eigenvalue weighted by molar-refractivity contribution is 7.10. The normalized spacial score (nSPS) is 15.9. The molecule has 0 aliphatic carbocycles. The van der Waals surface area contributed by atoms with Gasteiger partial charge in [0.1, 0.15) is 0 Å². The van der Waals surface area contributed by atoms with Crippen molar-refractivity contribution >= 4 is 34.5 Å². The lowest BCUT2D eigenvalue weighted by atomic mass is 9.99. The van der Waals surface area contributed by atoms with Crippen LogP contribution in [0.2, 0.25) is 0 Å². The van der Waals surface area contributed by atoms with Gasteiger partial charge in [-0.15, -0.1) is 22.9 Å².